The molecule has 1 amide bonds. The molecule has 2 rings (SSSR count). The first-order valence-corrected chi connectivity index (χ1v) is 9.17. The van der Waals surface area contributed by atoms with Gasteiger partial charge in [0.15, 0.2) is 0 Å². The van der Waals surface area contributed by atoms with E-state index in [4.69, 9.17) is 5.73 Å². The largest absolute Gasteiger partial charge is 0.342 e. The van der Waals surface area contributed by atoms with Gasteiger partial charge in [0, 0.05) is 30.2 Å². The zero-order valence-corrected chi connectivity index (χ0v) is 16.2. The Kier molecular flexibility index (Phi) is 5.74. The fourth-order valence-electron chi connectivity index (χ4n) is 3.58. The topological polar surface area (TPSA) is 64.2 Å². The quantitative estimate of drug-likeness (QED) is 0.921. The highest BCUT2D eigenvalue weighted by molar-refractivity contribution is 5.81. The number of hydrogen-bond acceptors (Lipinski definition) is 3. The summed E-state index contributed by atoms with van der Waals surface area (Å²) >= 11 is 0. The van der Waals surface area contributed by atoms with Crippen LogP contribution in [0.4, 0.5) is 0 Å². The van der Waals surface area contributed by atoms with Crippen LogP contribution >= 0.6 is 0 Å². The lowest BCUT2D eigenvalue weighted by Crippen LogP contribution is -2.44. The zero-order valence-electron chi connectivity index (χ0n) is 16.2. The van der Waals surface area contributed by atoms with Gasteiger partial charge in [0.2, 0.25) is 5.91 Å². The van der Waals surface area contributed by atoms with Gasteiger partial charge in [-0.25, -0.2) is 0 Å². The minimum absolute atomic E-state index is 0.113. The normalized spacial score (nSPS) is 18.0. The lowest BCUT2D eigenvalue weighted by atomic mass is 9.87. The molecule has 5 nitrogen and oxygen atoms in total. The number of aryl methyl sites for hydroxylation is 1. The Hall–Kier alpha value is -1.36. The lowest BCUT2D eigenvalue weighted by Gasteiger charge is -2.35. The van der Waals surface area contributed by atoms with Gasteiger partial charge in [-0.15, -0.1) is 0 Å². The van der Waals surface area contributed by atoms with Crippen LogP contribution in [-0.2, 0) is 17.8 Å². The van der Waals surface area contributed by atoms with E-state index < -0.39 is 0 Å². The maximum absolute atomic E-state index is 12.4. The molecule has 1 aromatic heterocycles. The number of likely N-dealkylation sites (tertiary alicyclic amines) is 1. The van der Waals surface area contributed by atoms with E-state index >= 15 is 0 Å². The van der Waals surface area contributed by atoms with Crippen molar-refractivity contribution in [3.63, 3.8) is 0 Å². The summed E-state index contributed by atoms with van der Waals surface area (Å²) in [6.07, 6.45) is 3.23. The van der Waals surface area contributed by atoms with Gasteiger partial charge in [0.1, 0.15) is 0 Å². The summed E-state index contributed by atoms with van der Waals surface area (Å²) in [6.45, 7) is 14.8. The van der Waals surface area contributed by atoms with E-state index in [9.17, 15) is 4.79 Å². The molecule has 1 fully saturated rings. The van der Waals surface area contributed by atoms with Gasteiger partial charge in [0.25, 0.3) is 0 Å². The van der Waals surface area contributed by atoms with E-state index in [-0.39, 0.29) is 17.4 Å². The Bertz CT molecular complexity index is 575. The van der Waals surface area contributed by atoms with Gasteiger partial charge < -0.3 is 10.6 Å². The third-order valence-corrected chi connectivity index (χ3v) is 5.03. The molecule has 24 heavy (non-hydrogen) atoms. The number of amides is 1. The van der Waals surface area contributed by atoms with Gasteiger partial charge >= 0.3 is 0 Å². The summed E-state index contributed by atoms with van der Waals surface area (Å²) in [5, 5.41) is 4.66. The fourth-order valence-corrected chi connectivity index (χ4v) is 3.58. The maximum Gasteiger partial charge on any atom is 0.227 e. The predicted octanol–water partition coefficient (Wildman–Crippen LogP) is 2.67. The molecule has 2 heterocycles. The third-order valence-electron chi connectivity index (χ3n) is 5.03. The molecule has 1 saturated heterocycles. The van der Waals surface area contributed by atoms with Crippen LogP contribution in [-0.4, -0.2) is 39.7 Å². The van der Waals surface area contributed by atoms with Gasteiger partial charge in [0.05, 0.1) is 12.2 Å². The highest BCUT2D eigenvalue weighted by Crippen LogP contribution is 2.27. The summed E-state index contributed by atoms with van der Waals surface area (Å²) in [6, 6.07) is 0.113. The SMILES string of the molecule is Cc1nn(CC(C)N)c(C)c1CC1CCN(C(=O)C(C)(C)C)CC1. The highest BCUT2D eigenvalue weighted by atomic mass is 16.2. The molecule has 1 unspecified atom stereocenters. The number of nitrogens with zero attached hydrogens (tertiary/aromatic N) is 3. The first-order valence-electron chi connectivity index (χ1n) is 9.17. The average Bonchev–Trinajstić information content (AvgIpc) is 2.73. The van der Waals surface area contributed by atoms with E-state index in [2.05, 4.69) is 18.9 Å². The molecule has 5 heteroatoms. The molecule has 136 valence electrons. The molecule has 2 N–H and O–H groups in total. The van der Waals surface area contributed by atoms with E-state index in [1.807, 2.05) is 37.3 Å². The molecule has 0 saturated carbocycles. The number of aromatic nitrogens is 2. The summed E-state index contributed by atoms with van der Waals surface area (Å²) in [7, 11) is 0. The molecule has 0 radical (unpaired) electrons. The zero-order chi connectivity index (χ0) is 18.1. The van der Waals surface area contributed by atoms with Crippen molar-refractivity contribution in [3.05, 3.63) is 17.0 Å². The Morgan fingerprint density at radius 1 is 1.29 bits per heavy atom. The van der Waals surface area contributed by atoms with Crippen molar-refractivity contribution in [3.8, 4) is 0 Å². The molecular weight excluding hydrogens is 300 g/mol. The number of nitrogens with two attached hydrogens (primary N) is 1. The molecule has 1 aliphatic rings. The van der Waals surface area contributed by atoms with Crippen LogP contribution in [0.1, 0.15) is 57.5 Å². The monoisotopic (exact) mass is 334 g/mol. The Labute approximate surface area is 146 Å². The van der Waals surface area contributed by atoms with Crippen molar-refractivity contribution >= 4 is 5.91 Å². The minimum atomic E-state index is -0.278. The molecule has 0 spiro atoms. The first-order chi connectivity index (χ1) is 11.1. The standard InChI is InChI=1S/C19H34N4O/c1-13(20)12-23-15(3)17(14(2)21-23)11-16-7-9-22(10-8-16)18(24)19(4,5)6/h13,16H,7-12,20H2,1-6H3. The van der Waals surface area contributed by atoms with Crippen LogP contribution in [0.25, 0.3) is 0 Å². The van der Waals surface area contributed by atoms with Crippen molar-refractivity contribution in [2.45, 2.75) is 73.4 Å². The van der Waals surface area contributed by atoms with Crippen molar-refractivity contribution in [2.24, 2.45) is 17.1 Å². The van der Waals surface area contributed by atoms with Crippen LogP contribution in [0.2, 0.25) is 0 Å². The summed E-state index contributed by atoms with van der Waals surface area (Å²) in [5.74, 6) is 0.914. The summed E-state index contributed by atoms with van der Waals surface area (Å²) in [4.78, 5) is 14.4. The third kappa shape index (κ3) is 4.38. The summed E-state index contributed by atoms with van der Waals surface area (Å²) in [5.41, 5.74) is 9.39. The van der Waals surface area contributed by atoms with Crippen molar-refractivity contribution in [1.82, 2.24) is 14.7 Å². The van der Waals surface area contributed by atoms with Crippen molar-refractivity contribution in [2.75, 3.05) is 13.1 Å². The van der Waals surface area contributed by atoms with Crippen LogP contribution in [0.3, 0.4) is 0 Å². The Morgan fingerprint density at radius 3 is 2.38 bits per heavy atom. The van der Waals surface area contributed by atoms with Gasteiger partial charge in [-0.1, -0.05) is 20.8 Å². The van der Waals surface area contributed by atoms with Crippen molar-refractivity contribution < 1.29 is 4.79 Å². The lowest BCUT2D eigenvalue weighted by molar-refractivity contribution is -0.140. The van der Waals surface area contributed by atoms with Crippen LogP contribution in [0, 0.1) is 25.2 Å². The van der Waals surface area contributed by atoms with Crippen molar-refractivity contribution in [1.29, 1.82) is 0 Å². The first kappa shape index (κ1) is 19.0. The molecule has 1 atom stereocenters. The molecular formula is C19H34N4O. The molecule has 1 aliphatic heterocycles. The molecule has 1 aromatic rings. The van der Waals surface area contributed by atoms with Gasteiger partial charge in [-0.3, -0.25) is 9.48 Å². The minimum Gasteiger partial charge on any atom is -0.342 e. The van der Waals surface area contributed by atoms with Crippen LogP contribution in [0.15, 0.2) is 0 Å². The number of carbonyl (C=O) groups is 1. The van der Waals surface area contributed by atoms with E-state index in [1.54, 1.807) is 0 Å². The Balaban J connectivity index is 1.97. The maximum atomic E-state index is 12.4. The number of carbonyl (C=O) groups excluding carboxylic acids is 1. The van der Waals surface area contributed by atoms with E-state index in [1.165, 1.54) is 11.3 Å². The second-order valence-corrected chi connectivity index (χ2v) is 8.50. The van der Waals surface area contributed by atoms with E-state index in [0.29, 0.717) is 5.92 Å². The van der Waals surface area contributed by atoms with Gasteiger partial charge in [-0.2, -0.15) is 5.10 Å². The molecule has 0 aromatic carbocycles. The highest BCUT2D eigenvalue weighted by Gasteiger charge is 2.30. The van der Waals surface area contributed by atoms with Crippen LogP contribution < -0.4 is 5.73 Å². The smallest absolute Gasteiger partial charge is 0.227 e. The van der Waals surface area contributed by atoms with Gasteiger partial charge in [-0.05, 0) is 51.5 Å². The number of piperidine rings is 1. The second kappa shape index (κ2) is 7.26. The number of rotatable bonds is 4. The fraction of sp³-hybridized carbons (Fsp3) is 0.789. The average molecular weight is 335 g/mol. The van der Waals surface area contributed by atoms with E-state index in [0.717, 1.165) is 44.6 Å². The predicted molar refractivity (Wildman–Crippen MR) is 97.8 cm³/mol. The van der Waals surface area contributed by atoms with Crippen LogP contribution in [0.5, 0.6) is 0 Å². The molecule has 0 aliphatic carbocycles. The summed E-state index contributed by atoms with van der Waals surface area (Å²) < 4.78 is 2.05. The Morgan fingerprint density at radius 2 is 1.88 bits per heavy atom. The second-order valence-electron chi connectivity index (χ2n) is 8.50. The molecule has 0 bridgehead atoms. The number of hydrogen-bond donors (Lipinski definition) is 1.